The molecule has 1 aromatic carbocycles. The number of hydrogen-bond acceptors (Lipinski definition) is 3. The van der Waals surface area contributed by atoms with Crippen LogP contribution in [-0.2, 0) is 20.9 Å². The first-order chi connectivity index (χ1) is 8.13. The minimum absolute atomic E-state index is 0.0708. The molecule has 92 valence electrons. The Morgan fingerprint density at radius 2 is 1.94 bits per heavy atom. The Balaban J connectivity index is 2.37. The quantitative estimate of drug-likeness (QED) is 0.769. The van der Waals surface area contributed by atoms with Crippen LogP contribution < -0.4 is 0 Å². The van der Waals surface area contributed by atoms with Gasteiger partial charge in [0.05, 0.1) is 12.3 Å². The van der Waals surface area contributed by atoms with E-state index in [0.29, 0.717) is 6.42 Å². The van der Waals surface area contributed by atoms with Gasteiger partial charge in [-0.2, -0.15) is 0 Å². The van der Waals surface area contributed by atoms with Gasteiger partial charge in [0, 0.05) is 0 Å². The maximum atomic E-state index is 11.4. The number of ether oxygens (including phenoxy) is 1. The van der Waals surface area contributed by atoms with Gasteiger partial charge in [-0.15, -0.1) is 0 Å². The third-order valence-electron chi connectivity index (χ3n) is 2.50. The Bertz CT molecular complexity index is 372. The zero-order valence-corrected chi connectivity index (χ0v) is 9.76. The molecule has 0 amide bonds. The van der Waals surface area contributed by atoms with E-state index in [2.05, 4.69) is 0 Å². The molecule has 0 aliphatic heterocycles. The highest BCUT2D eigenvalue weighted by atomic mass is 16.5. The average molecular weight is 236 g/mol. The summed E-state index contributed by atoms with van der Waals surface area (Å²) in [5.41, 5.74) is 0.893. The lowest BCUT2D eigenvalue weighted by molar-refractivity contribution is -0.152. The zero-order valence-electron chi connectivity index (χ0n) is 9.76. The highest BCUT2D eigenvalue weighted by Gasteiger charge is 2.19. The molecule has 0 unspecified atom stereocenters. The lowest BCUT2D eigenvalue weighted by atomic mass is 10.0. The molecule has 0 saturated heterocycles. The van der Waals surface area contributed by atoms with Crippen molar-refractivity contribution in [1.82, 2.24) is 0 Å². The first kappa shape index (κ1) is 13.2. The summed E-state index contributed by atoms with van der Waals surface area (Å²) in [6.45, 7) is 1.93. The topological polar surface area (TPSA) is 63.6 Å². The van der Waals surface area contributed by atoms with Crippen LogP contribution in [0.3, 0.4) is 0 Å². The Kier molecular flexibility index (Phi) is 5.20. The Hall–Kier alpha value is -1.84. The number of rotatable bonds is 6. The fraction of sp³-hybridized carbons (Fsp3) is 0.385. The molecule has 0 aromatic heterocycles. The van der Waals surface area contributed by atoms with Crippen LogP contribution in [-0.4, -0.2) is 17.0 Å². The van der Waals surface area contributed by atoms with Crippen molar-refractivity contribution in [2.75, 3.05) is 0 Å². The van der Waals surface area contributed by atoms with Gasteiger partial charge in [-0.3, -0.25) is 9.59 Å². The molecule has 1 rings (SSSR count). The molecule has 0 saturated carbocycles. The number of esters is 1. The van der Waals surface area contributed by atoms with Gasteiger partial charge in [0.2, 0.25) is 0 Å². The van der Waals surface area contributed by atoms with Crippen molar-refractivity contribution in [3.8, 4) is 0 Å². The molecule has 17 heavy (non-hydrogen) atoms. The molecular weight excluding hydrogens is 220 g/mol. The van der Waals surface area contributed by atoms with Crippen molar-refractivity contribution in [3.63, 3.8) is 0 Å². The van der Waals surface area contributed by atoms with Gasteiger partial charge in [0.1, 0.15) is 6.61 Å². The molecule has 1 aromatic rings. The molecule has 0 fully saturated rings. The molecule has 1 N–H and O–H groups in total. The minimum Gasteiger partial charge on any atom is -0.481 e. The average Bonchev–Trinajstić information content (AvgIpc) is 2.34. The molecule has 0 heterocycles. The SMILES string of the molecule is CC[C@H](CC(=O)OCc1ccccc1)C(=O)O. The van der Waals surface area contributed by atoms with Crippen LogP contribution in [0.2, 0.25) is 0 Å². The van der Waals surface area contributed by atoms with Crippen LogP contribution in [0.5, 0.6) is 0 Å². The number of carbonyl (C=O) groups excluding carboxylic acids is 1. The van der Waals surface area contributed by atoms with Crippen LogP contribution in [0, 0.1) is 5.92 Å². The lowest BCUT2D eigenvalue weighted by Gasteiger charge is -2.09. The number of carboxylic acids is 1. The van der Waals surface area contributed by atoms with Gasteiger partial charge in [0.15, 0.2) is 0 Å². The van der Waals surface area contributed by atoms with Gasteiger partial charge in [-0.25, -0.2) is 0 Å². The standard InChI is InChI=1S/C13H16O4/c1-2-11(13(15)16)8-12(14)17-9-10-6-4-3-5-7-10/h3-7,11H,2,8-9H2,1H3,(H,15,16)/t11-/m1/s1. The number of benzene rings is 1. The lowest BCUT2D eigenvalue weighted by Crippen LogP contribution is -2.18. The summed E-state index contributed by atoms with van der Waals surface area (Å²) in [5, 5.41) is 8.80. The number of carboxylic acid groups (broad SMARTS) is 1. The summed E-state index contributed by atoms with van der Waals surface area (Å²) in [6.07, 6.45) is 0.356. The number of carbonyl (C=O) groups is 2. The molecular formula is C13H16O4. The van der Waals surface area contributed by atoms with E-state index in [1.165, 1.54) is 0 Å². The van der Waals surface area contributed by atoms with Gasteiger partial charge in [-0.1, -0.05) is 37.3 Å². The molecule has 0 aliphatic rings. The van der Waals surface area contributed by atoms with E-state index in [4.69, 9.17) is 9.84 Å². The fourth-order valence-corrected chi connectivity index (χ4v) is 1.40. The zero-order chi connectivity index (χ0) is 12.7. The summed E-state index contributed by atoms with van der Waals surface area (Å²) in [4.78, 5) is 22.1. The predicted molar refractivity (Wildman–Crippen MR) is 62.3 cm³/mol. The van der Waals surface area contributed by atoms with Crippen LogP contribution in [0.4, 0.5) is 0 Å². The first-order valence-corrected chi connectivity index (χ1v) is 5.55. The van der Waals surface area contributed by atoms with E-state index < -0.39 is 17.9 Å². The van der Waals surface area contributed by atoms with Crippen molar-refractivity contribution >= 4 is 11.9 Å². The third kappa shape index (κ3) is 4.68. The largest absolute Gasteiger partial charge is 0.481 e. The maximum Gasteiger partial charge on any atom is 0.307 e. The van der Waals surface area contributed by atoms with E-state index in [-0.39, 0.29) is 13.0 Å². The molecule has 0 bridgehead atoms. The second-order valence-corrected chi connectivity index (χ2v) is 3.79. The van der Waals surface area contributed by atoms with Gasteiger partial charge in [0.25, 0.3) is 0 Å². The van der Waals surface area contributed by atoms with E-state index in [1.54, 1.807) is 6.92 Å². The Morgan fingerprint density at radius 1 is 1.29 bits per heavy atom. The predicted octanol–water partition coefficient (Wildman–Crippen LogP) is 2.23. The van der Waals surface area contributed by atoms with Crippen molar-refractivity contribution in [1.29, 1.82) is 0 Å². The van der Waals surface area contributed by atoms with E-state index in [1.807, 2.05) is 30.3 Å². The molecule has 4 heteroatoms. The fourth-order valence-electron chi connectivity index (χ4n) is 1.40. The molecule has 0 spiro atoms. The van der Waals surface area contributed by atoms with Crippen LogP contribution >= 0.6 is 0 Å². The molecule has 1 atom stereocenters. The summed E-state index contributed by atoms with van der Waals surface area (Å²) < 4.78 is 5.01. The van der Waals surface area contributed by atoms with Crippen molar-refractivity contribution in [2.45, 2.75) is 26.4 Å². The molecule has 4 nitrogen and oxygen atoms in total. The van der Waals surface area contributed by atoms with Crippen LogP contribution in [0.25, 0.3) is 0 Å². The van der Waals surface area contributed by atoms with Crippen LogP contribution in [0.1, 0.15) is 25.3 Å². The maximum absolute atomic E-state index is 11.4. The van der Waals surface area contributed by atoms with Crippen molar-refractivity contribution in [2.24, 2.45) is 5.92 Å². The van der Waals surface area contributed by atoms with E-state index in [0.717, 1.165) is 5.56 Å². The molecule has 0 radical (unpaired) electrons. The summed E-state index contributed by atoms with van der Waals surface area (Å²) >= 11 is 0. The smallest absolute Gasteiger partial charge is 0.307 e. The normalized spacial score (nSPS) is 11.8. The third-order valence-corrected chi connectivity index (χ3v) is 2.50. The second kappa shape index (κ2) is 6.68. The Labute approximate surface area is 100 Å². The highest BCUT2D eigenvalue weighted by molar-refractivity contribution is 5.78. The van der Waals surface area contributed by atoms with Gasteiger partial charge in [-0.05, 0) is 12.0 Å². The number of aliphatic carboxylic acids is 1. The van der Waals surface area contributed by atoms with E-state index in [9.17, 15) is 9.59 Å². The minimum atomic E-state index is -0.954. The van der Waals surface area contributed by atoms with Gasteiger partial charge < -0.3 is 9.84 Å². The highest BCUT2D eigenvalue weighted by Crippen LogP contribution is 2.10. The first-order valence-electron chi connectivity index (χ1n) is 5.55. The number of hydrogen-bond donors (Lipinski definition) is 1. The van der Waals surface area contributed by atoms with Crippen LogP contribution in [0.15, 0.2) is 30.3 Å². The van der Waals surface area contributed by atoms with Gasteiger partial charge >= 0.3 is 11.9 Å². The summed E-state index contributed by atoms with van der Waals surface area (Å²) in [6, 6.07) is 9.29. The van der Waals surface area contributed by atoms with Crippen molar-refractivity contribution in [3.05, 3.63) is 35.9 Å². The Morgan fingerprint density at radius 3 is 2.47 bits per heavy atom. The second-order valence-electron chi connectivity index (χ2n) is 3.79. The molecule has 0 aliphatic carbocycles. The van der Waals surface area contributed by atoms with Crippen molar-refractivity contribution < 1.29 is 19.4 Å². The van der Waals surface area contributed by atoms with E-state index >= 15 is 0 Å². The monoisotopic (exact) mass is 236 g/mol. The summed E-state index contributed by atoms with van der Waals surface area (Å²) in [7, 11) is 0. The summed E-state index contributed by atoms with van der Waals surface area (Å²) in [5.74, 6) is -2.08.